The Kier molecular flexibility index (Phi) is 5.53. The number of aromatic nitrogens is 2. The van der Waals surface area contributed by atoms with E-state index >= 15 is 0 Å². The summed E-state index contributed by atoms with van der Waals surface area (Å²) in [5.74, 6) is -0.0123. The van der Waals surface area contributed by atoms with Gasteiger partial charge in [0.15, 0.2) is 11.6 Å². The number of fused-ring (bicyclic) bond motifs is 1. The van der Waals surface area contributed by atoms with E-state index in [9.17, 15) is 13.2 Å². The minimum atomic E-state index is -3.86. The molecule has 31 heavy (non-hydrogen) atoms. The van der Waals surface area contributed by atoms with Crippen molar-refractivity contribution < 1.29 is 13.2 Å². The molecule has 1 saturated heterocycles. The molecule has 1 fully saturated rings. The minimum Gasteiger partial charge on any atom is -0.369 e. The Bertz CT molecular complexity index is 1230. The number of primary amides is 1. The number of nitrogens with two attached hydrogens (primary N) is 1. The third kappa shape index (κ3) is 4.05. The molecule has 0 radical (unpaired) electrons. The van der Waals surface area contributed by atoms with Crippen LogP contribution >= 0.6 is 0 Å². The fraction of sp³-hybridized carbons (Fsp3) is 0.318. The third-order valence-electron chi connectivity index (χ3n) is 5.64. The molecule has 1 aromatic heterocycles. The molecule has 1 atom stereocenters. The predicted molar refractivity (Wildman–Crippen MR) is 120 cm³/mol. The van der Waals surface area contributed by atoms with Crippen molar-refractivity contribution in [3.8, 4) is 0 Å². The average molecular weight is 440 g/mol. The van der Waals surface area contributed by atoms with Gasteiger partial charge in [0.2, 0.25) is 5.91 Å². The number of carbonyl (C=O) groups is 1. The molecule has 2 N–H and O–H groups in total. The number of benzene rings is 2. The van der Waals surface area contributed by atoms with Crippen molar-refractivity contribution in [1.82, 2.24) is 9.97 Å². The minimum absolute atomic E-state index is 0.176. The lowest BCUT2D eigenvalue weighted by Gasteiger charge is -2.34. The Labute approximate surface area is 181 Å². The zero-order valence-corrected chi connectivity index (χ0v) is 18.3. The van der Waals surface area contributed by atoms with Crippen LogP contribution in [0.25, 0.3) is 11.0 Å². The van der Waals surface area contributed by atoms with Crippen molar-refractivity contribution in [1.29, 1.82) is 0 Å². The van der Waals surface area contributed by atoms with Crippen LogP contribution in [-0.2, 0) is 14.8 Å². The Hall–Kier alpha value is -3.20. The van der Waals surface area contributed by atoms with Gasteiger partial charge in [-0.1, -0.05) is 29.8 Å². The standard InChI is InChI=1S/C22H25N5O3S/c1-15-9-11-17(12-10-15)31(29,30)26(2)21-22(25-19-8-4-3-7-18(19)24-21)27-13-5-6-16(14-27)20(23)28/h3-4,7-12,16H,5-6,13-14H2,1-2H3,(H2,23,28)/t16-/m1/s1. The van der Waals surface area contributed by atoms with Crippen LogP contribution in [0, 0.1) is 12.8 Å². The van der Waals surface area contributed by atoms with E-state index < -0.39 is 10.0 Å². The molecule has 0 unspecified atom stereocenters. The molecule has 0 bridgehead atoms. The second-order valence-corrected chi connectivity index (χ2v) is 9.80. The maximum atomic E-state index is 13.4. The van der Waals surface area contributed by atoms with Gasteiger partial charge in [-0.2, -0.15) is 0 Å². The van der Waals surface area contributed by atoms with E-state index in [0.29, 0.717) is 36.4 Å². The summed E-state index contributed by atoms with van der Waals surface area (Å²) in [5.41, 5.74) is 7.77. The maximum absolute atomic E-state index is 13.4. The first-order valence-corrected chi connectivity index (χ1v) is 11.6. The zero-order valence-electron chi connectivity index (χ0n) is 17.5. The first-order chi connectivity index (χ1) is 14.8. The molecular weight excluding hydrogens is 414 g/mol. The second-order valence-electron chi connectivity index (χ2n) is 7.83. The molecule has 0 spiro atoms. The van der Waals surface area contributed by atoms with E-state index in [2.05, 4.69) is 4.98 Å². The lowest BCUT2D eigenvalue weighted by atomic mass is 9.97. The fourth-order valence-corrected chi connectivity index (χ4v) is 4.94. The summed E-state index contributed by atoms with van der Waals surface area (Å²) in [7, 11) is -2.38. The molecule has 0 saturated carbocycles. The van der Waals surface area contributed by atoms with Crippen LogP contribution in [0.15, 0.2) is 53.4 Å². The molecule has 4 rings (SSSR count). The van der Waals surface area contributed by atoms with Gasteiger partial charge in [-0.25, -0.2) is 22.7 Å². The average Bonchev–Trinajstić information content (AvgIpc) is 2.78. The van der Waals surface area contributed by atoms with Crippen LogP contribution in [0.4, 0.5) is 11.6 Å². The van der Waals surface area contributed by atoms with Crippen LogP contribution in [-0.4, -0.2) is 44.4 Å². The highest BCUT2D eigenvalue weighted by Crippen LogP contribution is 2.33. The monoisotopic (exact) mass is 439 g/mol. The maximum Gasteiger partial charge on any atom is 0.265 e. The van der Waals surface area contributed by atoms with E-state index in [1.54, 1.807) is 30.3 Å². The number of amides is 1. The van der Waals surface area contributed by atoms with Gasteiger partial charge in [-0.05, 0) is 44.0 Å². The second kappa shape index (κ2) is 8.14. The molecule has 8 nitrogen and oxygen atoms in total. The SMILES string of the molecule is Cc1ccc(S(=O)(=O)N(C)c2nc3ccccc3nc2N2CCC[C@@H](C(N)=O)C2)cc1. The number of aryl methyl sites for hydroxylation is 1. The highest BCUT2D eigenvalue weighted by Gasteiger charge is 2.31. The quantitative estimate of drug-likeness (QED) is 0.654. The van der Waals surface area contributed by atoms with Crippen molar-refractivity contribution >= 4 is 38.6 Å². The Morgan fingerprint density at radius 2 is 1.74 bits per heavy atom. The van der Waals surface area contributed by atoms with Gasteiger partial charge in [0.05, 0.1) is 21.8 Å². The van der Waals surface area contributed by atoms with Crippen molar-refractivity contribution in [3.05, 3.63) is 54.1 Å². The van der Waals surface area contributed by atoms with Crippen LogP contribution in [0.2, 0.25) is 0 Å². The number of anilines is 2. The Balaban J connectivity index is 1.83. The summed E-state index contributed by atoms with van der Waals surface area (Å²) in [6.45, 7) is 2.93. The van der Waals surface area contributed by atoms with Crippen LogP contribution in [0.5, 0.6) is 0 Å². The number of nitrogens with zero attached hydrogens (tertiary/aromatic N) is 4. The number of para-hydroxylation sites is 2. The smallest absolute Gasteiger partial charge is 0.265 e. The zero-order chi connectivity index (χ0) is 22.2. The molecule has 1 aliphatic heterocycles. The summed E-state index contributed by atoms with van der Waals surface area (Å²) < 4.78 is 27.9. The molecule has 0 aliphatic carbocycles. The molecule has 2 heterocycles. The molecule has 162 valence electrons. The van der Waals surface area contributed by atoms with Gasteiger partial charge in [-0.3, -0.25) is 4.79 Å². The molecule has 3 aromatic rings. The van der Waals surface area contributed by atoms with E-state index in [4.69, 9.17) is 10.7 Å². The summed E-state index contributed by atoms with van der Waals surface area (Å²) in [6.07, 6.45) is 1.47. The summed E-state index contributed by atoms with van der Waals surface area (Å²) in [6, 6.07) is 14.0. The molecule has 2 aromatic carbocycles. The van der Waals surface area contributed by atoms with Crippen LogP contribution in [0.1, 0.15) is 18.4 Å². The normalized spacial score (nSPS) is 17.0. The number of rotatable bonds is 5. The number of sulfonamides is 1. The lowest BCUT2D eigenvalue weighted by Crippen LogP contribution is -2.42. The van der Waals surface area contributed by atoms with Gasteiger partial charge in [0, 0.05) is 20.1 Å². The largest absolute Gasteiger partial charge is 0.369 e. The van der Waals surface area contributed by atoms with Crippen molar-refractivity contribution in [2.45, 2.75) is 24.7 Å². The Morgan fingerprint density at radius 3 is 2.39 bits per heavy atom. The van der Waals surface area contributed by atoms with Crippen LogP contribution < -0.4 is 14.9 Å². The summed E-state index contributed by atoms with van der Waals surface area (Å²) in [5, 5.41) is 0. The number of carbonyl (C=O) groups excluding carboxylic acids is 1. The summed E-state index contributed by atoms with van der Waals surface area (Å²) in [4.78, 5) is 23.3. The van der Waals surface area contributed by atoms with E-state index in [-0.39, 0.29) is 22.5 Å². The number of piperidine rings is 1. The number of hydrogen-bond acceptors (Lipinski definition) is 6. The fourth-order valence-electron chi connectivity index (χ4n) is 3.79. The van der Waals surface area contributed by atoms with Gasteiger partial charge in [0.25, 0.3) is 10.0 Å². The van der Waals surface area contributed by atoms with Gasteiger partial charge < -0.3 is 10.6 Å². The van der Waals surface area contributed by atoms with Crippen molar-refractivity contribution in [3.63, 3.8) is 0 Å². The molecule has 1 amide bonds. The molecule has 1 aliphatic rings. The Morgan fingerprint density at radius 1 is 1.10 bits per heavy atom. The van der Waals surface area contributed by atoms with Gasteiger partial charge >= 0.3 is 0 Å². The highest BCUT2D eigenvalue weighted by atomic mass is 32.2. The predicted octanol–water partition coefficient (Wildman–Crippen LogP) is 2.47. The molecule has 9 heteroatoms. The highest BCUT2D eigenvalue weighted by molar-refractivity contribution is 7.92. The van der Waals surface area contributed by atoms with Crippen LogP contribution in [0.3, 0.4) is 0 Å². The first kappa shape index (κ1) is 21.0. The van der Waals surface area contributed by atoms with Gasteiger partial charge in [-0.15, -0.1) is 0 Å². The van der Waals surface area contributed by atoms with E-state index in [1.807, 2.05) is 30.0 Å². The third-order valence-corrected chi connectivity index (χ3v) is 7.40. The van der Waals surface area contributed by atoms with Gasteiger partial charge in [0.1, 0.15) is 0 Å². The molecular formula is C22H25N5O3S. The summed E-state index contributed by atoms with van der Waals surface area (Å²) >= 11 is 0. The first-order valence-electron chi connectivity index (χ1n) is 10.1. The van der Waals surface area contributed by atoms with E-state index in [1.165, 1.54) is 11.4 Å². The van der Waals surface area contributed by atoms with E-state index in [0.717, 1.165) is 12.0 Å². The number of hydrogen-bond donors (Lipinski definition) is 1. The topological polar surface area (TPSA) is 109 Å². The lowest BCUT2D eigenvalue weighted by molar-refractivity contribution is -0.122. The van der Waals surface area contributed by atoms with Crippen molar-refractivity contribution in [2.24, 2.45) is 11.7 Å². The van der Waals surface area contributed by atoms with Crippen molar-refractivity contribution in [2.75, 3.05) is 29.3 Å².